The molecule has 1 aliphatic rings. The SMILES string of the molecule is Cc1c2c(c3cc4ccccc4cc3c1C)CC2. The highest BCUT2D eigenvalue weighted by molar-refractivity contribution is 6.02. The molecule has 3 aromatic carbocycles. The van der Waals surface area contributed by atoms with Crippen LogP contribution in [-0.4, -0.2) is 0 Å². The molecule has 88 valence electrons. The van der Waals surface area contributed by atoms with Crippen LogP contribution in [0.2, 0.25) is 0 Å². The fraction of sp³-hybridized carbons (Fsp3) is 0.222. The zero-order valence-electron chi connectivity index (χ0n) is 10.9. The van der Waals surface area contributed by atoms with Gasteiger partial charge in [-0.1, -0.05) is 24.3 Å². The van der Waals surface area contributed by atoms with E-state index in [0.717, 1.165) is 0 Å². The molecule has 0 bridgehead atoms. The maximum absolute atomic E-state index is 2.38. The van der Waals surface area contributed by atoms with E-state index >= 15 is 0 Å². The van der Waals surface area contributed by atoms with Crippen molar-refractivity contribution in [1.82, 2.24) is 0 Å². The molecule has 0 heterocycles. The molecule has 4 rings (SSSR count). The lowest BCUT2D eigenvalue weighted by Gasteiger charge is -2.26. The van der Waals surface area contributed by atoms with E-state index in [0.29, 0.717) is 0 Å². The molecule has 3 aromatic rings. The molecular formula is C18H16. The molecule has 0 unspecified atom stereocenters. The van der Waals surface area contributed by atoms with Crippen LogP contribution in [0.25, 0.3) is 21.5 Å². The molecule has 0 radical (unpaired) electrons. The summed E-state index contributed by atoms with van der Waals surface area (Å²) in [5, 5.41) is 5.65. The summed E-state index contributed by atoms with van der Waals surface area (Å²) in [5.41, 5.74) is 6.18. The number of rotatable bonds is 0. The minimum absolute atomic E-state index is 1.26. The number of benzene rings is 3. The Bertz CT molecular complexity index is 740. The highest BCUT2D eigenvalue weighted by Crippen LogP contribution is 2.38. The summed E-state index contributed by atoms with van der Waals surface area (Å²) in [6.07, 6.45) is 2.52. The first kappa shape index (κ1) is 10.1. The van der Waals surface area contributed by atoms with Crippen LogP contribution in [0.5, 0.6) is 0 Å². The monoisotopic (exact) mass is 232 g/mol. The fourth-order valence-electron chi connectivity index (χ4n) is 3.31. The third-order valence-corrected chi connectivity index (χ3v) is 4.62. The van der Waals surface area contributed by atoms with Crippen LogP contribution in [0.1, 0.15) is 22.3 Å². The lowest BCUT2D eigenvalue weighted by molar-refractivity contribution is 0.837. The second-order valence-electron chi connectivity index (χ2n) is 5.45. The second kappa shape index (κ2) is 3.35. The second-order valence-corrected chi connectivity index (χ2v) is 5.45. The van der Waals surface area contributed by atoms with E-state index in [9.17, 15) is 0 Å². The first-order chi connectivity index (χ1) is 8.75. The fourth-order valence-corrected chi connectivity index (χ4v) is 3.31. The van der Waals surface area contributed by atoms with Crippen molar-refractivity contribution in [2.45, 2.75) is 26.7 Å². The van der Waals surface area contributed by atoms with Gasteiger partial charge < -0.3 is 0 Å². The van der Waals surface area contributed by atoms with Gasteiger partial charge in [0.25, 0.3) is 0 Å². The van der Waals surface area contributed by atoms with Crippen LogP contribution in [0.3, 0.4) is 0 Å². The minimum Gasteiger partial charge on any atom is -0.0616 e. The van der Waals surface area contributed by atoms with Gasteiger partial charge in [0.2, 0.25) is 0 Å². The quantitative estimate of drug-likeness (QED) is 0.492. The summed E-state index contributed by atoms with van der Waals surface area (Å²) in [6.45, 7) is 4.55. The van der Waals surface area contributed by atoms with E-state index in [1.165, 1.54) is 45.5 Å². The van der Waals surface area contributed by atoms with Crippen molar-refractivity contribution in [3.63, 3.8) is 0 Å². The Labute approximate surface area is 107 Å². The van der Waals surface area contributed by atoms with Crippen molar-refractivity contribution < 1.29 is 0 Å². The van der Waals surface area contributed by atoms with Gasteiger partial charge in [0, 0.05) is 0 Å². The van der Waals surface area contributed by atoms with Crippen LogP contribution >= 0.6 is 0 Å². The summed E-state index contributed by atoms with van der Waals surface area (Å²) in [7, 11) is 0. The van der Waals surface area contributed by atoms with Crippen molar-refractivity contribution in [2.24, 2.45) is 0 Å². The Morgan fingerprint density at radius 1 is 0.722 bits per heavy atom. The largest absolute Gasteiger partial charge is 0.0616 e. The summed E-state index contributed by atoms with van der Waals surface area (Å²) in [4.78, 5) is 0. The van der Waals surface area contributed by atoms with Gasteiger partial charge in [0.15, 0.2) is 0 Å². The third kappa shape index (κ3) is 1.16. The van der Waals surface area contributed by atoms with E-state index in [1.807, 2.05) is 0 Å². The van der Waals surface area contributed by atoms with E-state index in [-0.39, 0.29) is 0 Å². The molecule has 0 aliphatic heterocycles. The normalized spacial score (nSPS) is 13.7. The maximum Gasteiger partial charge on any atom is -0.0140 e. The molecule has 0 fully saturated rings. The molecule has 18 heavy (non-hydrogen) atoms. The molecule has 0 N–H and O–H groups in total. The minimum atomic E-state index is 1.26. The molecule has 0 saturated heterocycles. The topological polar surface area (TPSA) is 0 Å². The van der Waals surface area contributed by atoms with E-state index in [2.05, 4.69) is 50.2 Å². The van der Waals surface area contributed by atoms with Gasteiger partial charge in [0.05, 0.1) is 0 Å². The van der Waals surface area contributed by atoms with Crippen LogP contribution in [-0.2, 0) is 12.8 Å². The van der Waals surface area contributed by atoms with Crippen LogP contribution in [0, 0.1) is 13.8 Å². The highest BCUT2D eigenvalue weighted by Gasteiger charge is 2.21. The van der Waals surface area contributed by atoms with Crippen LogP contribution in [0.4, 0.5) is 0 Å². The number of hydrogen-bond acceptors (Lipinski definition) is 0. The van der Waals surface area contributed by atoms with Crippen molar-refractivity contribution in [1.29, 1.82) is 0 Å². The average molecular weight is 232 g/mol. The zero-order chi connectivity index (χ0) is 12.3. The molecule has 0 heteroatoms. The van der Waals surface area contributed by atoms with Gasteiger partial charge in [-0.2, -0.15) is 0 Å². The smallest absolute Gasteiger partial charge is 0.0140 e. The van der Waals surface area contributed by atoms with Crippen molar-refractivity contribution in [2.75, 3.05) is 0 Å². The van der Waals surface area contributed by atoms with Crippen molar-refractivity contribution >= 4 is 21.5 Å². The molecule has 0 saturated carbocycles. The predicted molar refractivity (Wildman–Crippen MR) is 78.3 cm³/mol. The molecule has 0 atom stereocenters. The molecule has 0 spiro atoms. The first-order valence-corrected chi connectivity index (χ1v) is 6.69. The van der Waals surface area contributed by atoms with Crippen molar-refractivity contribution in [3.05, 3.63) is 58.7 Å². The Kier molecular flexibility index (Phi) is 1.89. The van der Waals surface area contributed by atoms with Gasteiger partial charge in [-0.25, -0.2) is 0 Å². The lowest BCUT2D eigenvalue weighted by Crippen LogP contribution is -2.12. The molecule has 1 aliphatic carbocycles. The summed E-state index contributed by atoms with van der Waals surface area (Å²) in [5.74, 6) is 0. The Hall–Kier alpha value is -1.82. The molecule has 0 nitrogen and oxygen atoms in total. The van der Waals surface area contributed by atoms with Gasteiger partial charge in [-0.05, 0) is 82.6 Å². The van der Waals surface area contributed by atoms with Gasteiger partial charge >= 0.3 is 0 Å². The zero-order valence-corrected chi connectivity index (χ0v) is 10.9. The number of fused-ring (bicyclic) bond motifs is 4. The first-order valence-electron chi connectivity index (χ1n) is 6.69. The van der Waals surface area contributed by atoms with Gasteiger partial charge in [0.1, 0.15) is 0 Å². The summed E-state index contributed by atoms with van der Waals surface area (Å²) < 4.78 is 0. The standard InChI is InChI=1S/C18H16/c1-11-12(2)17-9-13-5-3-4-6-14(13)10-18(17)16-8-7-15(11)16/h3-6,9-10H,7-8H2,1-2H3. The van der Waals surface area contributed by atoms with Crippen LogP contribution in [0.15, 0.2) is 36.4 Å². The maximum atomic E-state index is 2.38. The lowest BCUT2D eigenvalue weighted by atomic mass is 9.78. The Morgan fingerprint density at radius 3 is 1.94 bits per heavy atom. The number of aryl methyl sites for hydroxylation is 2. The summed E-state index contributed by atoms with van der Waals surface area (Å²) >= 11 is 0. The van der Waals surface area contributed by atoms with Gasteiger partial charge in [-0.15, -0.1) is 0 Å². The van der Waals surface area contributed by atoms with Gasteiger partial charge in [-0.3, -0.25) is 0 Å². The average Bonchev–Trinajstić information content (AvgIpc) is 2.34. The third-order valence-electron chi connectivity index (χ3n) is 4.62. The molecule has 0 amide bonds. The van der Waals surface area contributed by atoms with E-state index in [4.69, 9.17) is 0 Å². The summed E-state index contributed by atoms with van der Waals surface area (Å²) in [6, 6.07) is 13.4. The number of hydrogen-bond donors (Lipinski definition) is 0. The molecule has 0 aromatic heterocycles. The van der Waals surface area contributed by atoms with Crippen LogP contribution < -0.4 is 0 Å². The Morgan fingerprint density at radius 2 is 1.33 bits per heavy atom. The molecular weight excluding hydrogens is 216 g/mol. The highest BCUT2D eigenvalue weighted by atomic mass is 14.2. The van der Waals surface area contributed by atoms with E-state index < -0.39 is 0 Å². The Balaban J connectivity index is 2.25. The van der Waals surface area contributed by atoms with E-state index in [1.54, 1.807) is 11.1 Å². The predicted octanol–water partition coefficient (Wildman–Crippen LogP) is 4.71. The van der Waals surface area contributed by atoms with Crippen molar-refractivity contribution in [3.8, 4) is 0 Å².